The first-order valence-electron chi connectivity index (χ1n) is 8.98. The van der Waals surface area contributed by atoms with E-state index in [4.69, 9.17) is 16.3 Å². The summed E-state index contributed by atoms with van der Waals surface area (Å²) in [5.74, 6) is 0.379. The molecule has 5 nitrogen and oxygen atoms in total. The van der Waals surface area contributed by atoms with Gasteiger partial charge in [0.25, 0.3) is 11.8 Å². The van der Waals surface area contributed by atoms with E-state index in [1.54, 1.807) is 23.1 Å². The molecule has 142 valence electrons. The van der Waals surface area contributed by atoms with Crippen molar-refractivity contribution in [3.05, 3.63) is 64.2 Å². The molecule has 0 bridgehead atoms. The van der Waals surface area contributed by atoms with Crippen LogP contribution in [0.5, 0.6) is 5.75 Å². The van der Waals surface area contributed by atoms with Crippen LogP contribution in [0.15, 0.2) is 42.5 Å². The van der Waals surface area contributed by atoms with Crippen molar-refractivity contribution in [2.75, 3.05) is 33.3 Å². The zero-order valence-electron chi connectivity index (χ0n) is 15.6. The van der Waals surface area contributed by atoms with E-state index in [0.717, 1.165) is 12.0 Å². The van der Waals surface area contributed by atoms with Gasteiger partial charge in [0.2, 0.25) is 0 Å². The Balaban J connectivity index is 1.71. The lowest BCUT2D eigenvalue weighted by molar-refractivity contribution is 0.0717. The Kier molecular flexibility index (Phi) is 6.01. The molecule has 6 heteroatoms. The minimum atomic E-state index is -0.126. The first-order chi connectivity index (χ1) is 13.0. The number of ether oxygens (including phenoxy) is 1. The van der Waals surface area contributed by atoms with Crippen molar-refractivity contribution in [3.8, 4) is 5.75 Å². The van der Waals surface area contributed by atoms with Gasteiger partial charge in [0.1, 0.15) is 5.75 Å². The van der Waals surface area contributed by atoms with E-state index in [2.05, 4.69) is 0 Å². The topological polar surface area (TPSA) is 49.9 Å². The molecule has 1 aliphatic heterocycles. The number of carbonyl (C=O) groups is 2. The molecule has 0 N–H and O–H groups in total. The maximum atomic E-state index is 13.0. The van der Waals surface area contributed by atoms with Gasteiger partial charge in [-0.05, 0) is 43.7 Å². The molecule has 0 spiro atoms. The number of hydrogen-bond donors (Lipinski definition) is 0. The Morgan fingerprint density at radius 3 is 2.19 bits per heavy atom. The zero-order valence-corrected chi connectivity index (χ0v) is 16.3. The molecule has 0 atom stereocenters. The minimum absolute atomic E-state index is 0.00429. The maximum absolute atomic E-state index is 13.0. The molecule has 2 aromatic rings. The molecule has 0 aliphatic carbocycles. The summed E-state index contributed by atoms with van der Waals surface area (Å²) >= 11 is 6.05. The van der Waals surface area contributed by atoms with Gasteiger partial charge in [0.15, 0.2) is 0 Å². The summed E-state index contributed by atoms with van der Waals surface area (Å²) in [5, 5.41) is 0.491. The highest BCUT2D eigenvalue weighted by molar-refractivity contribution is 6.31. The van der Waals surface area contributed by atoms with Gasteiger partial charge in [-0.3, -0.25) is 9.59 Å². The van der Waals surface area contributed by atoms with E-state index in [-0.39, 0.29) is 11.8 Å². The fourth-order valence-electron chi connectivity index (χ4n) is 3.22. The van der Waals surface area contributed by atoms with E-state index >= 15 is 0 Å². The molecule has 0 aromatic heterocycles. The first-order valence-corrected chi connectivity index (χ1v) is 9.36. The van der Waals surface area contributed by atoms with Crippen molar-refractivity contribution in [1.29, 1.82) is 0 Å². The predicted molar refractivity (Wildman–Crippen MR) is 106 cm³/mol. The fourth-order valence-corrected chi connectivity index (χ4v) is 3.39. The molecule has 1 fully saturated rings. The number of halogens is 1. The van der Waals surface area contributed by atoms with Gasteiger partial charge >= 0.3 is 0 Å². The summed E-state index contributed by atoms with van der Waals surface area (Å²) < 4.78 is 5.30. The summed E-state index contributed by atoms with van der Waals surface area (Å²) in [6.45, 7) is 4.19. The lowest BCUT2D eigenvalue weighted by Crippen LogP contribution is -2.37. The number of hydrogen-bond acceptors (Lipinski definition) is 3. The molecule has 3 rings (SSSR count). The second-order valence-corrected chi connectivity index (χ2v) is 7.09. The van der Waals surface area contributed by atoms with Crippen LogP contribution in [0.4, 0.5) is 0 Å². The van der Waals surface area contributed by atoms with Crippen LogP contribution in [0.25, 0.3) is 0 Å². The standard InChI is InChI=1S/C21H23ClN2O3/c1-15-4-6-16(7-5-15)20(25)23-10-3-11-24(13-12-23)21(26)18-14-17(22)8-9-19(18)27-2/h4-9,14H,3,10-13H2,1-2H3. The second-order valence-electron chi connectivity index (χ2n) is 6.65. The molecule has 0 unspecified atom stereocenters. The van der Waals surface area contributed by atoms with Gasteiger partial charge in [-0.2, -0.15) is 0 Å². The van der Waals surface area contributed by atoms with E-state index in [1.807, 2.05) is 36.1 Å². The normalized spacial score (nSPS) is 14.6. The van der Waals surface area contributed by atoms with Crippen molar-refractivity contribution in [1.82, 2.24) is 9.80 Å². The summed E-state index contributed by atoms with van der Waals surface area (Å²) in [6, 6.07) is 12.6. The highest BCUT2D eigenvalue weighted by Crippen LogP contribution is 2.24. The Labute approximate surface area is 164 Å². The number of aryl methyl sites for hydroxylation is 1. The SMILES string of the molecule is COc1ccc(Cl)cc1C(=O)N1CCCN(C(=O)c2ccc(C)cc2)CC1. The molecule has 2 aromatic carbocycles. The largest absolute Gasteiger partial charge is 0.496 e. The minimum Gasteiger partial charge on any atom is -0.496 e. The predicted octanol–water partition coefficient (Wildman–Crippen LogP) is 3.65. The number of carbonyl (C=O) groups excluding carboxylic acids is 2. The van der Waals surface area contributed by atoms with Gasteiger partial charge in [-0.15, -0.1) is 0 Å². The van der Waals surface area contributed by atoms with E-state index in [9.17, 15) is 9.59 Å². The second kappa shape index (κ2) is 8.44. The number of rotatable bonds is 3. The summed E-state index contributed by atoms with van der Waals surface area (Å²) in [4.78, 5) is 29.3. The average Bonchev–Trinajstić information content (AvgIpc) is 2.93. The zero-order chi connectivity index (χ0) is 19.4. The van der Waals surface area contributed by atoms with Crippen LogP contribution in [-0.2, 0) is 0 Å². The molecule has 1 saturated heterocycles. The Morgan fingerprint density at radius 1 is 0.926 bits per heavy atom. The van der Waals surface area contributed by atoms with Crippen LogP contribution in [0.3, 0.4) is 0 Å². The Hall–Kier alpha value is -2.53. The Morgan fingerprint density at radius 2 is 1.56 bits per heavy atom. The third kappa shape index (κ3) is 4.42. The van der Waals surface area contributed by atoms with Crippen LogP contribution in [-0.4, -0.2) is 54.9 Å². The molecular weight excluding hydrogens is 364 g/mol. The number of methoxy groups -OCH3 is 1. The summed E-state index contributed by atoms with van der Waals surface area (Å²) in [7, 11) is 1.53. The lowest BCUT2D eigenvalue weighted by Gasteiger charge is -2.23. The Bertz CT molecular complexity index is 836. The molecular formula is C21H23ClN2O3. The molecule has 0 saturated carbocycles. The lowest BCUT2D eigenvalue weighted by atomic mass is 10.1. The summed E-state index contributed by atoms with van der Waals surface area (Å²) in [6.07, 6.45) is 0.728. The molecule has 27 heavy (non-hydrogen) atoms. The van der Waals surface area contributed by atoms with Crippen LogP contribution in [0, 0.1) is 6.92 Å². The van der Waals surface area contributed by atoms with E-state index in [1.165, 1.54) is 7.11 Å². The third-order valence-corrected chi connectivity index (χ3v) is 5.00. The fraction of sp³-hybridized carbons (Fsp3) is 0.333. The molecule has 0 radical (unpaired) electrons. The van der Waals surface area contributed by atoms with Gasteiger partial charge in [-0.1, -0.05) is 29.3 Å². The third-order valence-electron chi connectivity index (χ3n) is 4.76. The van der Waals surface area contributed by atoms with Gasteiger partial charge in [-0.25, -0.2) is 0 Å². The van der Waals surface area contributed by atoms with Crippen LogP contribution < -0.4 is 4.74 Å². The average molecular weight is 387 g/mol. The van der Waals surface area contributed by atoms with Crippen LogP contribution in [0.2, 0.25) is 5.02 Å². The van der Waals surface area contributed by atoms with Crippen molar-refractivity contribution >= 4 is 23.4 Å². The van der Waals surface area contributed by atoms with Crippen LogP contribution >= 0.6 is 11.6 Å². The number of nitrogens with zero attached hydrogens (tertiary/aromatic N) is 2. The van der Waals surface area contributed by atoms with E-state index in [0.29, 0.717) is 48.1 Å². The number of amides is 2. The van der Waals surface area contributed by atoms with Gasteiger partial charge in [0, 0.05) is 36.8 Å². The quantitative estimate of drug-likeness (QED) is 0.809. The van der Waals surface area contributed by atoms with Crippen molar-refractivity contribution in [3.63, 3.8) is 0 Å². The van der Waals surface area contributed by atoms with Crippen LogP contribution in [0.1, 0.15) is 32.7 Å². The monoisotopic (exact) mass is 386 g/mol. The molecule has 2 amide bonds. The smallest absolute Gasteiger partial charge is 0.257 e. The van der Waals surface area contributed by atoms with Crippen molar-refractivity contribution in [2.24, 2.45) is 0 Å². The van der Waals surface area contributed by atoms with Gasteiger partial charge < -0.3 is 14.5 Å². The van der Waals surface area contributed by atoms with E-state index < -0.39 is 0 Å². The highest BCUT2D eigenvalue weighted by Gasteiger charge is 2.25. The summed E-state index contributed by atoms with van der Waals surface area (Å²) in [5.41, 5.74) is 2.25. The number of benzene rings is 2. The van der Waals surface area contributed by atoms with Crippen molar-refractivity contribution in [2.45, 2.75) is 13.3 Å². The maximum Gasteiger partial charge on any atom is 0.257 e. The van der Waals surface area contributed by atoms with Gasteiger partial charge in [0.05, 0.1) is 12.7 Å². The van der Waals surface area contributed by atoms with Crippen molar-refractivity contribution < 1.29 is 14.3 Å². The highest BCUT2D eigenvalue weighted by atomic mass is 35.5. The first kappa shape index (κ1) is 19.2. The molecule has 1 heterocycles. The molecule has 1 aliphatic rings.